The van der Waals surface area contributed by atoms with E-state index in [-0.39, 0.29) is 23.4 Å². The molecule has 226 valence electrons. The Hall–Kier alpha value is -3.80. The smallest absolute Gasteiger partial charge is 0.246 e. The second-order valence-corrected chi connectivity index (χ2v) is 13.7. The van der Waals surface area contributed by atoms with Crippen molar-refractivity contribution in [1.82, 2.24) is 9.21 Å². The van der Waals surface area contributed by atoms with E-state index < -0.39 is 33.2 Å². The van der Waals surface area contributed by atoms with E-state index in [9.17, 15) is 18.3 Å². The molecule has 3 aromatic rings. The van der Waals surface area contributed by atoms with Gasteiger partial charge in [0, 0.05) is 36.9 Å². The van der Waals surface area contributed by atoms with E-state index in [0.717, 1.165) is 16.7 Å². The molecular weight excluding hydrogens is 572 g/mol. The van der Waals surface area contributed by atoms with Crippen LogP contribution in [0.2, 0.25) is 0 Å². The molecule has 1 saturated heterocycles. The number of ether oxygens (including phenoxy) is 3. The number of rotatable bonds is 7. The molecule has 1 amide bonds. The van der Waals surface area contributed by atoms with Gasteiger partial charge in [-0.15, -0.1) is 0 Å². The lowest BCUT2D eigenvalue weighted by Gasteiger charge is -2.64. The summed E-state index contributed by atoms with van der Waals surface area (Å²) in [6, 6.07) is 10.9. The number of aliphatic hydroxyl groups is 1. The Morgan fingerprint density at radius 3 is 2.74 bits per heavy atom. The first-order valence-corrected chi connectivity index (χ1v) is 15.8. The van der Waals surface area contributed by atoms with Gasteiger partial charge in [0.05, 0.1) is 54.7 Å². The zero-order chi connectivity index (χ0) is 30.1. The third-order valence-corrected chi connectivity index (χ3v) is 11.9. The third kappa shape index (κ3) is 3.84. The normalized spacial score (nSPS) is 29.2. The molecule has 1 N–H and O–H groups in total. The second-order valence-electron chi connectivity index (χ2n) is 11.8. The van der Waals surface area contributed by atoms with Gasteiger partial charge in [-0.2, -0.15) is 4.31 Å². The van der Waals surface area contributed by atoms with Gasteiger partial charge in [0.1, 0.15) is 11.9 Å². The maximum absolute atomic E-state index is 14.1. The summed E-state index contributed by atoms with van der Waals surface area (Å²) >= 11 is 0. The first-order chi connectivity index (χ1) is 20.7. The molecular formula is C32H34N2O8S. The highest BCUT2D eigenvalue weighted by atomic mass is 32.2. The highest BCUT2D eigenvalue weighted by molar-refractivity contribution is 7.89. The van der Waals surface area contributed by atoms with Crippen LogP contribution >= 0.6 is 0 Å². The summed E-state index contributed by atoms with van der Waals surface area (Å²) in [7, 11) is 0.848. The molecule has 1 aromatic heterocycles. The van der Waals surface area contributed by atoms with Crippen molar-refractivity contribution in [1.29, 1.82) is 0 Å². The molecule has 0 radical (unpaired) electrons. The Morgan fingerprint density at radius 2 is 2.00 bits per heavy atom. The Kier molecular flexibility index (Phi) is 6.42. The molecule has 7 rings (SSSR count). The van der Waals surface area contributed by atoms with E-state index in [4.69, 9.17) is 18.6 Å². The Morgan fingerprint density at radius 1 is 1.16 bits per heavy atom. The lowest BCUT2D eigenvalue weighted by Crippen LogP contribution is -2.78. The number of nitrogens with zero attached hydrogens (tertiary/aromatic N) is 2. The molecule has 10 nitrogen and oxygen atoms in total. The molecule has 2 aliphatic heterocycles. The molecule has 2 bridgehead atoms. The van der Waals surface area contributed by atoms with Crippen LogP contribution in [-0.4, -0.2) is 80.2 Å². The first kappa shape index (κ1) is 28.0. The standard InChI is InChI=1S/C32H34N2O8S/c1-33(27(35)10-7-20-12-16-41-19-20)24-11-13-32(36)26-17-21-8-9-25(40-3)29-28(21)31(32,30(24)42-29)14-15-34(26)43(37,38)23-6-4-5-22(18-23)39-2/h4-10,12,16,18-19,24,26,30,36H,11,13-15,17H2,1-3H3/b10-7+/t24-,26-,30+,31+,32-/m1/s1. The first-order valence-electron chi connectivity index (χ1n) is 14.4. The number of likely N-dealkylation sites (N-methyl/N-ethyl adjacent to an activating group) is 1. The minimum absolute atomic E-state index is 0.121. The van der Waals surface area contributed by atoms with Gasteiger partial charge < -0.3 is 28.6 Å². The van der Waals surface area contributed by atoms with Crippen LogP contribution in [0.4, 0.5) is 0 Å². The van der Waals surface area contributed by atoms with E-state index in [1.54, 1.807) is 61.9 Å². The number of benzene rings is 2. The maximum atomic E-state index is 14.1. The lowest BCUT2D eigenvalue weighted by molar-refractivity contribution is -0.186. The maximum Gasteiger partial charge on any atom is 0.246 e. The molecule has 2 aliphatic carbocycles. The van der Waals surface area contributed by atoms with Crippen LogP contribution in [0.3, 0.4) is 0 Å². The van der Waals surface area contributed by atoms with Crippen molar-refractivity contribution in [2.75, 3.05) is 27.8 Å². The van der Waals surface area contributed by atoms with Crippen LogP contribution in [0.25, 0.3) is 6.08 Å². The van der Waals surface area contributed by atoms with Crippen LogP contribution in [-0.2, 0) is 26.7 Å². The van der Waals surface area contributed by atoms with E-state index >= 15 is 0 Å². The van der Waals surface area contributed by atoms with Crippen molar-refractivity contribution < 1.29 is 36.9 Å². The number of hydrogen-bond donors (Lipinski definition) is 1. The average Bonchev–Trinajstić information content (AvgIpc) is 3.65. The second kappa shape index (κ2) is 9.87. The quantitative estimate of drug-likeness (QED) is 0.407. The van der Waals surface area contributed by atoms with Crippen LogP contribution in [0.1, 0.15) is 36.0 Å². The topological polar surface area (TPSA) is 119 Å². The van der Waals surface area contributed by atoms with Crippen LogP contribution < -0.4 is 14.2 Å². The highest BCUT2D eigenvalue weighted by Crippen LogP contribution is 2.66. The largest absolute Gasteiger partial charge is 0.497 e. The number of carbonyl (C=O) groups is 1. The Labute approximate surface area is 250 Å². The van der Waals surface area contributed by atoms with Crippen LogP contribution in [0, 0.1) is 0 Å². The van der Waals surface area contributed by atoms with E-state index in [1.807, 2.05) is 12.1 Å². The third-order valence-electron chi connectivity index (χ3n) is 10.0. The molecule has 5 atom stereocenters. The Bertz CT molecular complexity index is 1720. The number of piperidine rings is 1. The van der Waals surface area contributed by atoms with E-state index in [0.29, 0.717) is 42.9 Å². The summed E-state index contributed by atoms with van der Waals surface area (Å²) in [5.41, 5.74) is 0.222. The summed E-state index contributed by atoms with van der Waals surface area (Å²) in [6.45, 7) is 0.188. The Balaban J connectivity index is 1.31. The predicted octanol–water partition coefficient (Wildman–Crippen LogP) is 3.38. The van der Waals surface area contributed by atoms with Gasteiger partial charge in [-0.05, 0) is 61.6 Å². The van der Waals surface area contributed by atoms with Gasteiger partial charge >= 0.3 is 0 Å². The number of carbonyl (C=O) groups excluding carboxylic acids is 1. The number of methoxy groups -OCH3 is 2. The fourth-order valence-corrected chi connectivity index (χ4v) is 9.73. The zero-order valence-electron chi connectivity index (χ0n) is 24.2. The van der Waals surface area contributed by atoms with Gasteiger partial charge in [0.15, 0.2) is 11.5 Å². The van der Waals surface area contributed by atoms with E-state index in [1.165, 1.54) is 23.6 Å². The molecule has 1 saturated carbocycles. The molecule has 11 heteroatoms. The van der Waals surface area contributed by atoms with Crippen molar-refractivity contribution >= 4 is 22.0 Å². The fourth-order valence-electron chi connectivity index (χ4n) is 8.03. The van der Waals surface area contributed by atoms with Gasteiger partial charge in [-0.1, -0.05) is 12.1 Å². The average molecular weight is 607 g/mol. The molecule has 4 aliphatic rings. The minimum Gasteiger partial charge on any atom is -0.497 e. The van der Waals surface area contributed by atoms with Crippen LogP contribution in [0.5, 0.6) is 17.2 Å². The zero-order valence-corrected chi connectivity index (χ0v) is 25.0. The molecule has 43 heavy (non-hydrogen) atoms. The summed E-state index contributed by atoms with van der Waals surface area (Å²) < 4.78 is 52.6. The van der Waals surface area contributed by atoms with Gasteiger partial charge in [-0.25, -0.2) is 8.42 Å². The van der Waals surface area contributed by atoms with Crippen molar-refractivity contribution in [3.05, 3.63) is 77.8 Å². The fraction of sp³-hybridized carbons (Fsp3) is 0.406. The molecule has 3 heterocycles. The molecule has 2 fully saturated rings. The van der Waals surface area contributed by atoms with Crippen molar-refractivity contribution in [2.45, 2.75) is 59.8 Å². The van der Waals surface area contributed by atoms with Gasteiger partial charge in [0.25, 0.3) is 0 Å². The lowest BCUT2D eigenvalue weighted by atomic mass is 9.48. The number of sulfonamides is 1. The highest BCUT2D eigenvalue weighted by Gasteiger charge is 2.74. The molecule has 2 aromatic carbocycles. The van der Waals surface area contributed by atoms with Gasteiger partial charge in [-0.3, -0.25) is 4.79 Å². The van der Waals surface area contributed by atoms with Gasteiger partial charge in [0.2, 0.25) is 15.9 Å². The van der Waals surface area contributed by atoms with Crippen LogP contribution in [0.15, 0.2) is 70.4 Å². The summed E-state index contributed by atoms with van der Waals surface area (Å²) in [6.07, 6.45) is 7.09. The monoisotopic (exact) mass is 606 g/mol. The van der Waals surface area contributed by atoms with E-state index in [2.05, 4.69) is 0 Å². The summed E-state index contributed by atoms with van der Waals surface area (Å²) in [5, 5.41) is 12.8. The number of furan rings is 1. The van der Waals surface area contributed by atoms with Crippen molar-refractivity contribution in [3.63, 3.8) is 0 Å². The predicted molar refractivity (Wildman–Crippen MR) is 157 cm³/mol. The minimum atomic E-state index is -3.98. The van der Waals surface area contributed by atoms with Crippen molar-refractivity contribution in [2.24, 2.45) is 0 Å². The molecule has 1 spiro atoms. The number of amides is 1. The summed E-state index contributed by atoms with van der Waals surface area (Å²) in [5.74, 6) is 1.37. The molecule has 0 unspecified atom stereocenters. The number of hydrogen-bond acceptors (Lipinski definition) is 8. The summed E-state index contributed by atoms with van der Waals surface area (Å²) in [4.78, 5) is 15.2. The van der Waals surface area contributed by atoms with Crippen molar-refractivity contribution in [3.8, 4) is 17.2 Å². The SMILES string of the molecule is COc1cccc(S(=O)(=O)N2CC[C@]34c5c6ccc(OC)c5O[C@H]3[C@H](N(C)C(=O)/C=C/c3ccoc3)CC[C@@]4(O)[C@H]2C6)c1.